The molecular weight excluding hydrogens is 442 g/mol. The van der Waals surface area contributed by atoms with Gasteiger partial charge in [-0.05, 0) is 81.4 Å². The molecule has 0 unspecified atom stereocenters. The monoisotopic (exact) mass is 479 g/mol. The van der Waals surface area contributed by atoms with E-state index in [-0.39, 0.29) is 17.2 Å². The standard InChI is InChI=1S/C28H37N3O4/c1-21-10-11-25(34-2)23(19-21)30-26(32)20-31-16-13-28(14-17-31)12-6-5-8-22-7-3-4-9-24(22)35-18-15-29-27(28)33/h3-4,7,9-11,19H,5-6,8,12-18,20H2,1-2H3,(H,29,33)(H,30,32). The van der Waals surface area contributed by atoms with Crippen molar-refractivity contribution in [2.45, 2.75) is 45.4 Å². The van der Waals surface area contributed by atoms with Gasteiger partial charge in [0.1, 0.15) is 18.1 Å². The van der Waals surface area contributed by atoms with Crippen LogP contribution in [0.15, 0.2) is 42.5 Å². The second-order valence-electron chi connectivity index (χ2n) is 9.73. The molecule has 2 aromatic rings. The first kappa shape index (κ1) is 25.0. The number of anilines is 1. The summed E-state index contributed by atoms with van der Waals surface area (Å²) in [5.41, 5.74) is 2.61. The number of rotatable bonds is 4. The summed E-state index contributed by atoms with van der Waals surface area (Å²) in [6.07, 6.45) is 5.38. The fraction of sp³-hybridized carbons (Fsp3) is 0.500. The lowest BCUT2D eigenvalue weighted by Crippen LogP contribution is -2.50. The van der Waals surface area contributed by atoms with Gasteiger partial charge in [-0.1, -0.05) is 30.7 Å². The van der Waals surface area contributed by atoms with Gasteiger partial charge in [0.2, 0.25) is 11.8 Å². The van der Waals surface area contributed by atoms with E-state index in [1.165, 1.54) is 5.56 Å². The molecule has 0 radical (unpaired) electrons. The number of hydrogen-bond acceptors (Lipinski definition) is 5. The maximum absolute atomic E-state index is 13.2. The van der Waals surface area contributed by atoms with Crippen LogP contribution in [0.3, 0.4) is 0 Å². The van der Waals surface area contributed by atoms with E-state index in [0.29, 0.717) is 31.1 Å². The molecule has 1 spiro atoms. The summed E-state index contributed by atoms with van der Waals surface area (Å²) in [6, 6.07) is 13.9. The van der Waals surface area contributed by atoms with Gasteiger partial charge in [-0.25, -0.2) is 0 Å². The van der Waals surface area contributed by atoms with E-state index in [1.54, 1.807) is 7.11 Å². The Hall–Kier alpha value is -3.06. The second-order valence-corrected chi connectivity index (χ2v) is 9.73. The summed E-state index contributed by atoms with van der Waals surface area (Å²) in [6.45, 7) is 4.71. The number of para-hydroxylation sites is 1. The molecule has 2 aromatic carbocycles. The quantitative estimate of drug-likeness (QED) is 0.694. The fourth-order valence-electron chi connectivity index (χ4n) is 5.19. The Morgan fingerprint density at radius 3 is 2.74 bits per heavy atom. The number of fused-ring (bicyclic) bond motifs is 1. The summed E-state index contributed by atoms with van der Waals surface area (Å²) in [5, 5.41) is 6.11. The number of piperidine rings is 1. The molecule has 4 rings (SSSR count). The van der Waals surface area contributed by atoms with Crippen LogP contribution in [0.1, 0.15) is 43.2 Å². The topological polar surface area (TPSA) is 79.9 Å². The van der Waals surface area contributed by atoms with Crippen LogP contribution in [0.4, 0.5) is 5.69 Å². The van der Waals surface area contributed by atoms with Gasteiger partial charge in [0.25, 0.3) is 0 Å². The number of nitrogens with one attached hydrogen (secondary N) is 2. The van der Waals surface area contributed by atoms with Crippen molar-refractivity contribution in [1.82, 2.24) is 10.2 Å². The fourth-order valence-corrected chi connectivity index (χ4v) is 5.19. The minimum atomic E-state index is -0.370. The number of methoxy groups -OCH3 is 1. The average Bonchev–Trinajstić information content (AvgIpc) is 2.85. The lowest BCUT2D eigenvalue weighted by atomic mass is 9.73. The highest BCUT2D eigenvalue weighted by Gasteiger charge is 2.41. The van der Waals surface area contributed by atoms with Crippen molar-refractivity contribution < 1.29 is 19.1 Å². The third-order valence-corrected chi connectivity index (χ3v) is 7.26. The molecule has 0 atom stereocenters. The van der Waals surface area contributed by atoms with Crippen molar-refractivity contribution in [3.05, 3.63) is 53.6 Å². The predicted octanol–water partition coefficient (Wildman–Crippen LogP) is 3.95. The molecule has 2 N–H and O–H groups in total. The minimum Gasteiger partial charge on any atom is -0.495 e. The molecular formula is C28H37N3O4. The van der Waals surface area contributed by atoms with Crippen molar-refractivity contribution in [3.63, 3.8) is 0 Å². The molecule has 35 heavy (non-hydrogen) atoms. The molecule has 2 amide bonds. The molecule has 0 aliphatic carbocycles. The number of aryl methyl sites for hydroxylation is 2. The van der Waals surface area contributed by atoms with Crippen molar-refractivity contribution in [2.24, 2.45) is 5.41 Å². The summed E-state index contributed by atoms with van der Waals surface area (Å²) in [7, 11) is 1.60. The zero-order valence-corrected chi connectivity index (χ0v) is 20.9. The number of nitrogens with zero attached hydrogens (tertiary/aromatic N) is 1. The molecule has 7 heteroatoms. The highest BCUT2D eigenvalue weighted by molar-refractivity contribution is 5.93. The van der Waals surface area contributed by atoms with Crippen LogP contribution in [0.5, 0.6) is 11.5 Å². The highest BCUT2D eigenvalue weighted by atomic mass is 16.5. The third-order valence-electron chi connectivity index (χ3n) is 7.26. The smallest absolute Gasteiger partial charge is 0.238 e. The number of carbonyl (C=O) groups is 2. The van der Waals surface area contributed by atoms with Crippen LogP contribution in [0, 0.1) is 12.3 Å². The Bertz CT molecular complexity index is 1030. The molecule has 0 saturated carbocycles. The maximum atomic E-state index is 13.2. The van der Waals surface area contributed by atoms with Crippen LogP contribution < -0.4 is 20.1 Å². The van der Waals surface area contributed by atoms with E-state index in [4.69, 9.17) is 9.47 Å². The Balaban J connectivity index is 1.33. The Labute approximate surface area is 208 Å². The van der Waals surface area contributed by atoms with Gasteiger partial charge in [0.15, 0.2) is 0 Å². The maximum Gasteiger partial charge on any atom is 0.238 e. The Morgan fingerprint density at radius 2 is 1.94 bits per heavy atom. The first-order valence-corrected chi connectivity index (χ1v) is 12.6. The lowest BCUT2D eigenvalue weighted by Gasteiger charge is -2.40. The van der Waals surface area contributed by atoms with Crippen molar-refractivity contribution in [2.75, 3.05) is 45.2 Å². The SMILES string of the molecule is COc1ccc(C)cc1NC(=O)CN1CCC2(CCCCc3ccccc3OCCNC2=O)CC1. The summed E-state index contributed by atoms with van der Waals surface area (Å²) in [4.78, 5) is 28.1. The van der Waals surface area contributed by atoms with Gasteiger partial charge in [-0.2, -0.15) is 0 Å². The van der Waals surface area contributed by atoms with E-state index in [0.717, 1.165) is 62.9 Å². The Kier molecular flexibility index (Phi) is 8.29. The number of likely N-dealkylation sites (tertiary alicyclic amines) is 1. The first-order valence-electron chi connectivity index (χ1n) is 12.6. The van der Waals surface area contributed by atoms with Crippen molar-refractivity contribution >= 4 is 17.5 Å². The highest BCUT2D eigenvalue weighted by Crippen LogP contribution is 2.37. The van der Waals surface area contributed by atoms with Gasteiger partial charge >= 0.3 is 0 Å². The molecule has 1 fully saturated rings. The molecule has 1 saturated heterocycles. The molecule has 188 valence electrons. The molecule has 2 heterocycles. The van der Waals surface area contributed by atoms with Gasteiger partial charge < -0.3 is 20.1 Å². The van der Waals surface area contributed by atoms with E-state index < -0.39 is 0 Å². The van der Waals surface area contributed by atoms with E-state index in [1.807, 2.05) is 37.3 Å². The first-order chi connectivity index (χ1) is 17.0. The van der Waals surface area contributed by atoms with Gasteiger partial charge in [-0.3, -0.25) is 14.5 Å². The van der Waals surface area contributed by atoms with E-state index >= 15 is 0 Å². The minimum absolute atomic E-state index is 0.0659. The summed E-state index contributed by atoms with van der Waals surface area (Å²) >= 11 is 0. The van der Waals surface area contributed by atoms with Crippen LogP contribution in [0.25, 0.3) is 0 Å². The largest absolute Gasteiger partial charge is 0.495 e. The number of ether oxygens (including phenoxy) is 2. The third kappa shape index (κ3) is 6.34. The summed E-state index contributed by atoms with van der Waals surface area (Å²) < 4.78 is 11.3. The van der Waals surface area contributed by atoms with E-state index in [2.05, 4.69) is 27.7 Å². The van der Waals surface area contributed by atoms with E-state index in [9.17, 15) is 9.59 Å². The number of benzene rings is 2. The van der Waals surface area contributed by atoms with Crippen molar-refractivity contribution in [1.29, 1.82) is 0 Å². The normalized spacial score (nSPS) is 18.9. The van der Waals surface area contributed by atoms with Gasteiger partial charge in [0, 0.05) is 0 Å². The zero-order chi connectivity index (χ0) is 24.7. The van der Waals surface area contributed by atoms with Crippen LogP contribution in [-0.4, -0.2) is 56.6 Å². The van der Waals surface area contributed by atoms with Crippen molar-refractivity contribution in [3.8, 4) is 11.5 Å². The molecule has 2 aliphatic rings. The molecule has 7 nitrogen and oxygen atoms in total. The Morgan fingerprint density at radius 1 is 1.14 bits per heavy atom. The summed E-state index contributed by atoms with van der Waals surface area (Å²) in [5.74, 6) is 1.64. The number of hydrogen-bond donors (Lipinski definition) is 2. The molecule has 0 bridgehead atoms. The van der Waals surface area contributed by atoms with Gasteiger partial charge in [0.05, 0.1) is 31.3 Å². The molecule has 0 aromatic heterocycles. The molecule has 2 aliphatic heterocycles. The predicted molar refractivity (Wildman–Crippen MR) is 137 cm³/mol. The van der Waals surface area contributed by atoms with Crippen LogP contribution in [-0.2, 0) is 16.0 Å². The number of amides is 2. The zero-order valence-electron chi connectivity index (χ0n) is 20.9. The number of carbonyl (C=O) groups excluding carboxylic acids is 2. The lowest BCUT2D eigenvalue weighted by molar-refractivity contribution is -0.135. The van der Waals surface area contributed by atoms with Crippen LogP contribution in [0.2, 0.25) is 0 Å². The average molecular weight is 480 g/mol. The second kappa shape index (κ2) is 11.6. The van der Waals surface area contributed by atoms with Gasteiger partial charge in [-0.15, -0.1) is 0 Å². The van der Waals surface area contributed by atoms with Crippen LogP contribution >= 0.6 is 0 Å².